The Kier molecular flexibility index (Phi) is 7.37. The molecule has 0 saturated carbocycles. The smallest absolute Gasteiger partial charge is 0.204 e. The van der Waals surface area contributed by atoms with Crippen molar-refractivity contribution in [2.75, 3.05) is 0 Å². The first-order chi connectivity index (χ1) is 10.9. The van der Waals surface area contributed by atoms with Crippen LogP contribution >= 0.6 is 11.3 Å². The van der Waals surface area contributed by atoms with Crippen molar-refractivity contribution < 1.29 is 9.59 Å². The summed E-state index contributed by atoms with van der Waals surface area (Å²) in [6.45, 7) is 12.3. The third kappa shape index (κ3) is 4.38. The van der Waals surface area contributed by atoms with E-state index < -0.39 is 0 Å². The maximum atomic E-state index is 12.3. The zero-order valence-corrected chi connectivity index (χ0v) is 15.8. The molecule has 0 bridgehead atoms. The number of rotatable bonds is 0. The van der Waals surface area contributed by atoms with Crippen LogP contribution in [0.1, 0.15) is 82.1 Å². The summed E-state index contributed by atoms with van der Waals surface area (Å²) in [6, 6.07) is 7.23. The molecule has 1 aromatic heterocycles. The number of hydrogen-bond donors (Lipinski definition) is 0. The highest BCUT2D eigenvalue weighted by Gasteiger charge is 2.31. The fourth-order valence-corrected chi connectivity index (χ4v) is 3.13. The van der Waals surface area contributed by atoms with Crippen LogP contribution < -0.4 is 0 Å². The lowest BCUT2D eigenvalue weighted by molar-refractivity contribution is 0.0982. The van der Waals surface area contributed by atoms with E-state index in [0.29, 0.717) is 21.6 Å². The molecule has 0 atom stereocenters. The molecule has 0 saturated heterocycles. The maximum Gasteiger partial charge on any atom is 0.204 e. The van der Waals surface area contributed by atoms with Gasteiger partial charge in [-0.2, -0.15) is 0 Å². The van der Waals surface area contributed by atoms with E-state index in [4.69, 9.17) is 0 Å². The summed E-state index contributed by atoms with van der Waals surface area (Å²) in [7, 11) is 0. The number of thiophene rings is 1. The Morgan fingerprint density at radius 1 is 0.783 bits per heavy atom. The molecule has 0 fully saturated rings. The molecule has 1 heterocycles. The predicted octanol–water partition coefficient (Wildman–Crippen LogP) is 5.97. The van der Waals surface area contributed by atoms with Gasteiger partial charge in [-0.25, -0.2) is 0 Å². The molecule has 0 aliphatic heterocycles. The summed E-state index contributed by atoms with van der Waals surface area (Å²) < 4.78 is 0. The van der Waals surface area contributed by atoms with Crippen molar-refractivity contribution in [1.82, 2.24) is 0 Å². The van der Waals surface area contributed by atoms with E-state index in [1.165, 1.54) is 24.2 Å². The van der Waals surface area contributed by atoms with Crippen LogP contribution in [-0.4, -0.2) is 11.6 Å². The minimum atomic E-state index is -0.0287. The van der Waals surface area contributed by atoms with Crippen LogP contribution in [0, 0.1) is 13.8 Å². The lowest BCUT2D eigenvalue weighted by Crippen LogP contribution is -2.18. The number of ketones is 2. The first-order valence-corrected chi connectivity index (χ1v) is 9.03. The number of fused-ring (bicyclic) bond motifs is 2. The molecule has 0 radical (unpaired) electrons. The number of hydrogen-bond acceptors (Lipinski definition) is 3. The van der Waals surface area contributed by atoms with Crippen molar-refractivity contribution >= 4 is 22.9 Å². The zero-order valence-electron chi connectivity index (χ0n) is 14.9. The molecule has 1 aromatic carbocycles. The first kappa shape index (κ1) is 19.3. The summed E-state index contributed by atoms with van der Waals surface area (Å²) in [5.74, 6) is -0.0460. The minimum absolute atomic E-state index is 0.0172. The second-order valence-electron chi connectivity index (χ2n) is 5.72. The fourth-order valence-electron chi connectivity index (χ4n) is 2.16. The Labute approximate surface area is 143 Å². The van der Waals surface area contributed by atoms with Gasteiger partial charge in [0.2, 0.25) is 5.78 Å². The molecule has 1 aliphatic carbocycles. The van der Waals surface area contributed by atoms with Gasteiger partial charge in [0.05, 0.1) is 4.88 Å². The lowest BCUT2D eigenvalue weighted by atomic mass is 9.88. The highest BCUT2D eigenvalue weighted by atomic mass is 32.1. The van der Waals surface area contributed by atoms with Crippen molar-refractivity contribution in [1.29, 1.82) is 0 Å². The van der Waals surface area contributed by atoms with Crippen LogP contribution in [0.15, 0.2) is 24.3 Å². The molecular weight excluding hydrogens is 304 g/mol. The highest BCUT2D eigenvalue weighted by Crippen LogP contribution is 2.33. The Morgan fingerprint density at radius 2 is 1.35 bits per heavy atom. The van der Waals surface area contributed by atoms with E-state index in [-0.39, 0.29) is 11.6 Å². The molecule has 3 heteroatoms. The first-order valence-electron chi connectivity index (χ1n) is 8.21. The molecule has 0 spiro atoms. The van der Waals surface area contributed by atoms with Crippen LogP contribution in [0.2, 0.25) is 0 Å². The van der Waals surface area contributed by atoms with E-state index in [1.54, 1.807) is 12.1 Å². The van der Waals surface area contributed by atoms with E-state index in [2.05, 4.69) is 27.7 Å². The largest absolute Gasteiger partial charge is 0.289 e. The van der Waals surface area contributed by atoms with Gasteiger partial charge < -0.3 is 0 Å². The van der Waals surface area contributed by atoms with Gasteiger partial charge in [0, 0.05) is 21.6 Å². The van der Waals surface area contributed by atoms with Gasteiger partial charge in [0.15, 0.2) is 5.78 Å². The van der Waals surface area contributed by atoms with Gasteiger partial charge in [-0.15, -0.1) is 11.3 Å². The number of carbonyl (C=O) groups is 2. The van der Waals surface area contributed by atoms with Gasteiger partial charge in [0.1, 0.15) is 0 Å². The van der Waals surface area contributed by atoms with Gasteiger partial charge in [-0.1, -0.05) is 58.2 Å². The zero-order chi connectivity index (χ0) is 17.6. The molecule has 2 nitrogen and oxygen atoms in total. The Bertz CT molecular complexity index is 694. The third-order valence-corrected chi connectivity index (χ3v) is 4.02. The standard InChI is InChI=1S/C14H10O2S.2C3H8/c1-7-3-4-9-10(5-7)13(16)14-11(12(9)15)6-8(2)17-14;2*1-3-2/h3-6H,1-2H3;2*3H2,1-2H3. The predicted molar refractivity (Wildman–Crippen MR) is 99.0 cm³/mol. The fraction of sp³-hybridized carbons (Fsp3) is 0.400. The molecule has 0 N–H and O–H groups in total. The van der Waals surface area contributed by atoms with Gasteiger partial charge >= 0.3 is 0 Å². The molecule has 23 heavy (non-hydrogen) atoms. The number of aryl methyl sites for hydroxylation is 2. The SMILES string of the molecule is CCC.CCC.Cc1ccc2c(c1)C(=O)c1sc(C)cc1C2=O. The molecule has 2 aromatic rings. The Balaban J connectivity index is 0.000000387. The van der Waals surface area contributed by atoms with Crippen molar-refractivity contribution in [2.24, 2.45) is 0 Å². The topological polar surface area (TPSA) is 34.1 Å². The molecule has 0 amide bonds. The van der Waals surface area contributed by atoms with Crippen LogP contribution in [0.5, 0.6) is 0 Å². The average Bonchev–Trinajstić information content (AvgIpc) is 2.89. The summed E-state index contributed by atoms with van der Waals surface area (Å²) in [6.07, 6.45) is 2.50. The summed E-state index contributed by atoms with van der Waals surface area (Å²) in [5.41, 5.74) is 2.64. The van der Waals surface area contributed by atoms with E-state index in [9.17, 15) is 9.59 Å². The van der Waals surface area contributed by atoms with Crippen LogP contribution in [0.4, 0.5) is 0 Å². The van der Waals surface area contributed by atoms with E-state index in [1.807, 2.05) is 26.0 Å². The summed E-state index contributed by atoms with van der Waals surface area (Å²) >= 11 is 1.40. The Hall–Kier alpha value is -1.74. The van der Waals surface area contributed by atoms with Crippen molar-refractivity contribution in [2.45, 2.75) is 54.4 Å². The second-order valence-corrected chi connectivity index (χ2v) is 6.98. The average molecular weight is 330 g/mol. The van der Waals surface area contributed by atoms with Crippen molar-refractivity contribution in [3.05, 3.63) is 56.3 Å². The maximum absolute atomic E-state index is 12.3. The third-order valence-electron chi connectivity index (χ3n) is 2.97. The van der Waals surface area contributed by atoms with E-state index in [0.717, 1.165) is 10.4 Å². The molecule has 3 rings (SSSR count). The molecule has 124 valence electrons. The second kappa shape index (κ2) is 8.78. The Morgan fingerprint density at radius 3 is 1.91 bits per heavy atom. The van der Waals surface area contributed by atoms with E-state index >= 15 is 0 Å². The lowest BCUT2D eigenvalue weighted by Gasteiger charge is -2.14. The van der Waals surface area contributed by atoms with Crippen LogP contribution in [-0.2, 0) is 0 Å². The summed E-state index contributed by atoms with van der Waals surface area (Å²) in [5, 5.41) is 0. The summed E-state index contributed by atoms with van der Waals surface area (Å²) in [4.78, 5) is 26.1. The quantitative estimate of drug-likeness (QED) is 0.508. The van der Waals surface area contributed by atoms with Gasteiger partial charge in [0.25, 0.3) is 0 Å². The number of benzene rings is 1. The monoisotopic (exact) mass is 330 g/mol. The van der Waals surface area contributed by atoms with Crippen LogP contribution in [0.3, 0.4) is 0 Å². The normalized spacial score (nSPS) is 11.6. The molecule has 1 aliphatic rings. The van der Waals surface area contributed by atoms with Gasteiger partial charge in [-0.05, 0) is 26.0 Å². The van der Waals surface area contributed by atoms with Gasteiger partial charge in [-0.3, -0.25) is 9.59 Å². The van der Waals surface area contributed by atoms with Crippen LogP contribution in [0.25, 0.3) is 0 Å². The molecular formula is C20H26O2S. The van der Waals surface area contributed by atoms with Crippen molar-refractivity contribution in [3.63, 3.8) is 0 Å². The molecule has 0 unspecified atom stereocenters. The minimum Gasteiger partial charge on any atom is -0.289 e. The van der Waals surface area contributed by atoms with Crippen molar-refractivity contribution in [3.8, 4) is 0 Å². The number of carbonyl (C=O) groups excluding carboxylic acids is 2. The highest BCUT2D eigenvalue weighted by molar-refractivity contribution is 7.14.